The van der Waals surface area contributed by atoms with Gasteiger partial charge in [0.1, 0.15) is 5.75 Å². The molecular formula is C27H30N2O2S. The monoisotopic (exact) mass is 446 g/mol. The Balaban J connectivity index is 1.37. The number of anilines is 1. The van der Waals surface area contributed by atoms with Gasteiger partial charge < -0.3 is 10.1 Å². The Morgan fingerprint density at radius 1 is 1.03 bits per heavy atom. The number of nitrogens with zero attached hydrogens (tertiary/aromatic N) is 1. The topological polar surface area (TPSA) is 41.6 Å². The second kappa shape index (κ2) is 10.7. The van der Waals surface area contributed by atoms with Crippen LogP contribution in [-0.4, -0.2) is 37.3 Å². The van der Waals surface area contributed by atoms with Gasteiger partial charge in [0.05, 0.1) is 7.11 Å². The molecule has 1 aliphatic heterocycles. The number of thioether (sulfide) groups is 1. The number of carbonyl (C=O) groups excluding carboxylic acids is 1. The molecule has 1 heterocycles. The summed E-state index contributed by atoms with van der Waals surface area (Å²) in [5, 5.41) is 3.19. The van der Waals surface area contributed by atoms with Crippen molar-refractivity contribution in [2.45, 2.75) is 24.3 Å². The highest BCUT2D eigenvalue weighted by atomic mass is 32.2. The van der Waals surface area contributed by atoms with Crippen LogP contribution in [-0.2, 0) is 11.3 Å². The molecule has 0 aromatic heterocycles. The zero-order chi connectivity index (χ0) is 22.3. The summed E-state index contributed by atoms with van der Waals surface area (Å²) in [5.74, 6) is 0.964. The van der Waals surface area contributed by atoms with Crippen molar-refractivity contribution >= 4 is 23.4 Å². The average Bonchev–Trinajstić information content (AvgIpc) is 2.85. The Bertz CT molecular complexity index is 1060. The van der Waals surface area contributed by atoms with Gasteiger partial charge in [0.15, 0.2) is 0 Å². The summed E-state index contributed by atoms with van der Waals surface area (Å²) in [6.07, 6.45) is 3.88. The number of hydrogen-bond donors (Lipinski definition) is 1. The second-order valence-electron chi connectivity index (χ2n) is 8.17. The summed E-state index contributed by atoms with van der Waals surface area (Å²) in [7, 11) is 1.67. The van der Waals surface area contributed by atoms with E-state index in [4.69, 9.17) is 4.74 Å². The molecule has 166 valence electrons. The molecule has 0 saturated carbocycles. The molecule has 0 unspecified atom stereocenters. The van der Waals surface area contributed by atoms with Gasteiger partial charge in [-0.25, -0.2) is 0 Å². The fraction of sp³-hybridized carbons (Fsp3) is 0.296. The van der Waals surface area contributed by atoms with Gasteiger partial charge in [-0.3, -0.25) is 9.69 Å². The summed E-state index contributed by atoms with van der Waals surface area (Å²) < 4.78 is 5.36. The SMILES string of the molecule is COc1cccc(-c2ccccc2NC(=O)C2CCN(Cc3cccc(SC)c3)CC2)c1. The maximum atomic E-state index is 13.1. The largest absolute Gasteiger partial charge is 0.497 e. The van der Waals surface area contributed by atoms with Crippen LogP contribution in [0.4, 0.5) is 5.69 Å². The van der Waals surface area contributed by atoms with Gasteiger partial charge in [0, 0.05) is 28.6 Å². The predicted molar refractivity (Wildman–Crippen MR) is 133 cm³/mol. The van der Waals surface area contributed by atoms with E-state index >= 15 is 0 Å². The third-order valence-electron chi connectivity index (χ3n) is 6.06. The smallest absolute Gasteiger partial charge is 0.227 e. The molecule has 32 heavy (non-hydrogen) atoms. The fourth-order valence-corrected chi connectivity index (χ4v) is 4.74. The number of para-hydroxylation sites is 1. The molecule has 1 saturated heterocycles. The molecule has 0 bridgehead atoms. The van der Waals surface area contributed by atoms with Crippen LogP contribution < -0.4 is 10.1 Å². The van der Waals surface area contributed by atoms with Gasteiger partial charge in [-0.2, -0.15) is 0 Å². The van der Waals surface area contributed by atoms with E-state index in [1.165, 1.54) is 10.5 Å². The fourth-order valence-electron chi connectivity index (χ4n) is 4.25. The van der Waals surface area contributed by atoms with E-state index in [9.17, 15) is 4.79 Å². The number of carbonyl (C=O) groups is 1. The molecule has 0 atom stereocenters. The number of piperidine rings is 1. The first kappa shape index (κ1) is 22.4. The molecule has 4 rings (SSSR count). The van der Waals surface area contributed by atoms with Crippen LogP contribution in [0.3, 0.4) is 0 Å². The highest BCUT2D eigenvalue weighted by molar-refractivity contribution is 7.98. The molecule has 1 fully saturated rings. The maximum Gasteiger partial charge on any atom is 0.227 e. The van der Waals surface area contributed by atoms with Crippen LogP contribution in [0, 0.1) is 5.92 Å². The van der Waals surface area contributed by atoms with E-state index < -0.39 is 0 Å². The lowest BCUT2D eigenvalue weighted by Gasteiger charge is -2.31. The summed E-state index contributed by atoms with van der Waals surface area (Å²) in [6, 6.07) is 24.6. The van der Waals surface area contributed by atoms with Crippen LogP contribution in [0.15, 0.2) is 77.7 Å². The minimum absolute atomic E-state index is 0.0437. The Morgan fingerprint density at radius 3 is 2.59 bits per heavy atom. The van der Waals surface area contributed by atoms with Crippen molar-refractivity contribution in [3.8, 4) is 16.9 Å². The molecule has 1 amide bonds. The molecule has 3 aromatic rings. The summed E-state index contributed by atoms with van der Waals surface area (Å²) in [6.45, 7) is 2.83. The highest BCUT2D eigenvalue weighted by Crippen LogP contribution is 2.31. The number of hydrogen-bond acceptors (Lipinski definition) is 4. The lowest BCUT2D eigenvalue weighted by atomic mass is 9.95. The predicted octanol–water partition coefficient (Wildman–Crippen LogP) is 5.93. The number of nitrogens with one attached hydrogen (secondary N) is 1. The number of benzene rings is 3. The van der Waals surface area contributed by atoms with Crippen LogP contribution in [0.25, 0.3) is 11.1 Å². The van der Waals surface area contributed by atoms with Gasteiger partial charge >= 0.3 is 0 Å². The Labute approximate surface area is 195 Å². The molecule has 0 aliphatic carbocycles. The zero-order valence-electron chi connectivity index (χ0n) is 18.7. The maximum absolute atomic E-state index is 13.1. The molecule has 1 aliphatic rings. The number of ether oxygens (including phenoxy) is 1. The van der Waals surface area contributed by atoms with Crippen LogP contribution in [0.1, 0.15) is 18.4 Å². The normalized spacial score (nSPS) is 14.8. The number of amides is 1. The first-order valence-electron chi connectivity index (χ1n) is 11.1. The van der Waals surface area contributed by atoms with Gasteiger partial charge in [-0.05, 0) is 73.6 Å². The summed E-state index contributed by atoms with van der Waals surface area (Å²) in [5.41, 5.74) is 4.22. The van der Waals surface area contributed by atoms with Crippen LogP contribution >= 0.6 is 11.8 Å². The van der Waals surface area contributed by atoms with E-state index in [0.29, 0.717) is 0 Å². The average molecular weight is 447 g/mol. The van der Waals surface area contributed by atoms with Crippen LogP contribution in [0.2, 0.25) is 0 Å². The number of methoxy groups -OCH3 is 1. The second-order valence-corrected chi connectivity index (χ2v) is 9.05. The molecule has 4 nitrogen and oxygen atoms in total. The minimum atomic E-state index is 0.0437. The summed E-state index contributed by atoms with van der Waals surface area (Å²) >= 11 is 1.77. The number of rotatable bonds is 7. The molecule has 0 spiro atoms. The standard InChI is InChI=1S/C27H30N2O2S/c1-31-23-9-6-8-22(18-23)25-11-3-4-12-26(25)28-27(30)21-13-15-29(16-14-21)19-20-7-5-10-24(17-20)32-2/h3-12,17-18,21H,13-16,19H2,1-2H3,(H,28,30). The lowest BCUT2D eigenvalue weighted by Crippen LogP contribution is -2.37. The van der Waals surface area contributed by atoms with E-state index in [0.717, 1.165) is 55.0 Å². The minimum Gasteiger partial charge on any atom is -0.497 e. The lowest BCUT2D eigenvalue weighted by molar-refractivity contribution is -0.121. The Hall–Kier alpha value is -2.76. The van der Waals surface area contributed by atoms with Crippen molar-refractivity contribution in [2.24, 2.45) is 5.92 Å². The van der Waals surface area contributed by atoms with Gasteiger partial charge in [0.25, 0.3) is 0 Å². The van der Waals surface area contributed by atoms with Crippen molar-refractivity contribution < 1.29 is 9.53 Å². The van der Waals surface area contributed by atoms with Gasteiger partial charge in [0.2, 0.25) is 5.91 Å². The van der Waals surface area contributed by atoms with E-state index in [1.807, 2.05) is 48.5 Å². The van der Waals surface area contributed by atoms with Crippen molar-refractivity contribution in [1.82, 2.24) is 4.90 Å². The number of likely N-dealkylation sites (tertiary alicyclic amines) is 1. The Morgan fingerprint density at radius 2 is 1.81 bits per heavy atom. The quantitative estimate of drug-likeness (QED) is 0.457. The van der Waals surface area contributed by atoms with Gasteiger partial charge in [-0.1, -0.05) is 42.5 Å². The Kier molecular flexibility index (Phi) is 7.51. The first-order chi connectivity index (χ1) is 15.7. The molecular weight excluding hydrogens is 416 g/mol. The van der Waals surface area contributed by atoms with Gasteiger partial charge in [-0.15, -0.1) is 11.8 Å². The van der Waals surface area contributed by atoms with E-state index in [2.05, 4.69) is 40.7 Å². The molecule has 0 radical (unpaired) electrons. The van der Waals surface area contributed by atoms with E-state index in [1.54, 1.807) is 18.9 Å². The van der Waals surface area contributed by atoms with Crippen molar-refractivity contribution in [1.29, 1.82) is 0 Å². The first-order valence-corrected chi connectivity index (χ1v) is 12.3. The van der Waals surface area contributed by atoms with Crippen molar-refractivity contribution in [3.05, 3.63) is 78.4 Å². The molecule has 3 aromatic carbocycles. The van der Waals surface area contributed by atoms with Crippen molar-refractivity contribution in [3.63, 3.8) is 0 Å². The zero-order valence-corrected chi connectivity index (χ0v) is 19.5. The van der Waals surface area contributed by atoms with Crippen molar-refractivity contribution in [2.75, 3.05) is 31.8 Å². The van der Waals surface area contributed by atoms with E-state index in [-0.39, 0.29) is 11.8 Å². The third-order valence-corrected chi connectivity index (χ3v) is 6.79. The third kappa shape index (κ3) is 5.53. The molecule has 1 N–H and O–H groups in total. The summed E-state index contributed by atoms with van der Waals surface area (Å²) in [4.78, 5) is 16.8. The highest BCUT2D eigenvalue weighted by Gasteiger charge is 2.25. The van der Waals surface area contributed by atoms with Crippen LogP contribution in [0.5, 0.6) is 5.75 Å². The molecule has 5 heteroatoms.